The van der Waals surface area contributed by atoms with Crippen molar-refractivity contribution < 1.29 is 0 Å². The van der Waals surface area contributed by atoms with Gasteiger partial charge in [0.1, 0.15) is 0 Å². The maximum atomic E-state index is 3.74. The summed E-state index contributed by atoms with van der Waals surface area (Å²) in [7, 11) is 0. The van der Waals surface area contributed by atoms with Crippen LogP contribution in [0.1, 0.15) is 72.6 Å². The topological polar surface area (TPSA) is 12.0 Å². The Balaban J connectivity index is 2.06. The van der Waals surface area contributed by atoms with Crippen LogP contribution in [0.25, 0.3) is 0 Å². The second-order valence-electron chi connectivity index (χ2n) is 7.46. The lowest BCUT2D eigenvalue weighted by Crippen LogP contribution is -2.35. The zero-order valence-electron chi connectivity index (χ0n) is 13.0. The van der Waals surface area contributed by atoms with Gasteiger partial charge in [-0.15, -0.1) is 0 Å². The fraction of sp³-hybridized carbons (Fsp3) is 1.00. The second kappa shape index (κ2) is 5.94. The molecule has 1 saturated carbocycles. The highest BCUT2D eigenvalue weighted by molar-refractivity contribution is 4.98. The van der Waals surface area contributed by atoms with Crippen molar-refractivity contribution in [2.75, 3.05) is 6.54 Å². The Labute approximate surface area is 114 Å². The Kier molecular flexibility index (Phi) is 4.75. The summed E-state index contributed by atoms with van der Waals surface area (Å²) in [6.07, 6.45) is 10.1. The fourth-order valence-corrected chi connectivity index (χ4v) is 4.13. The van der Waals surface area contributed by atoms with E-state index in [1.807, 2.05) is 0 Å². The minimum Gasteiger partial charge on any atom is -0.313 e. The van der Waals surface area contributed by atoms with Gasteiger partial charge in [-0.3, -0.25) is 0 Å². The molecule has 0 aromatic rings. The van der Waals surface area contributed by atoms with Crippen molar-refractivity contribution in [3.05, 3.63) is 0 Å². The number of hydrogen-bond donors (Lipinski definition) is 1. The molecule has 106 valence electrons. The van der Waals surface area contributed by atoms with Crippen LogP contribution in [0.5, 0.6) is 0 Å². The molecule has 2 fully saturated rings. The van der Waals surface area contributed by atoms with Gasteiger partial charge in [-0.25, -0.2) is 0 Å². The van der Waals surface area contributed by atoms with E-state index in [9.17, 15) is 0 Å². The molecular weight excluding hydrogens is 218 g/mol. The van der Waals surface area contributed by atoms with E-state index in [1.165, 1.54) is 51.5 Å². The fourth-order valence-electron chi connectivity index (χ4n) is 4.13. The average Bonchev–Trinajstić information content (AvgIpc) is 2.62. The van der Waals surface area contributed by atoms with Crippen molar-refractivity contribution in [1.82, 2.24) is 5.32 Å². The monoisotopic (exact) mass is 251 g/mol. The third-order valence-corrected chi connectivity index (χ3v) is 6.41. The summed E-state index contributed by atoms with van der Waals surface area (Å²) in [5.74, 6) is 2.76. The first-order valence-electron chi connectivity index (χ1n) is 8.27. The first-order chi connectivity index (χ1) is 8.54. The zero-order valence-corrected chi connectivity index (χ0v) is 13.0. The lowest BCUT2D eigenvalue weighted by molar-refractivity contribution is 0.161. The lowest BCUT2D eigenvalue weighted by Gasteiger charge is -2.36. The van der Waals surface area contributed by atoms with Gasteiger partial charge in [0.25, 0.3) is 0 Å². The van der Waals surface area contributed by atoms with Gasteiger partial charge < -0.3 is 5.32 Å². The molecule has 0 spiro atoms. The Morgan fingerprint density at radius 2 is 1.56 bits per heavy atom. The Morgan fingerprint density at radius 3 is 2.33 bits per heavy atom. The summed E-state index contributed by atoms with van der Waals surface area (Å²) in [5.41, 5.74) is 0.554. The molecule has 18 heavy (non-hydrogen) atoms. The van der Waals surface area contributed by atoms with Gasteiger partial charge in [0.2, 0.25) is 0 Å². The number of nitrogens with one attached hydrogen (secondary N) is 1. The Morgan fingerprint density at radius 1 is 0.889 bits per heavy atom. The molecule has 5 unspecified atom stereocenters. The predicted octanol–water partition coefficient (Wildman–Crippen LogP) is 4.62. The lowest BCUT2D eigenvalue weighted by atomic mass is 9.69. The molecule has 0 bridgehead atoms. The Hall–Kier alpha value is -0.0400. The van der Waals surface area contributed by atoms with Gasteiger partial charge in [0, 0.05) is 6.04 Å². The van der Waals surface area contributed by atoms with Gasteiger partial charge in [0.15, 0.2) is 0 Å². The van der Waals surface area contributed by atoms with Gasteiger partial charge in [-0.2, -0.15) is 0 Å². The summed E-state index contributed by atoms with van der Waals surface area (Å²) < 4.78 is 0. The van der Waals surface area contributed by atoms with Gasteiger partial charge >= 0.3 is 0 Å². The van der Waals surface area contributed by atoms with Gasteiger partial charge in [0.05, 0.1) is 0 Å². The molecule has 2 rings (SSSR count). The molecule has 1 nitrogen and oxygen atoms in total. The molecule has 1 N–H and O–H groups in total. The predicted molar refractivity (Wildman–Crippen MR) is 79.7 cm³/mol. The van der Waals surface area contributed by atoms with E-state index in [2.05, 4.69) is 33.0 Å². The van der Waals surface area contributed by atoms with E-state index >= 15 is 0 Å². The average molecular weight is 251 g/mol. The third-order valence-electron chi connectivity index (χ3n) is 6.41. The maximum absolute atomic E-state index is 3.74. The van der Waals surface area contributed by atoms with Gasteiger partial charge in [-0.05, 0) is 55.9 Å². The normalized spacial score (nSPS) is 47.3. The Bertz CT molecular complexity index is 262. The molecule has 1 heterocycles. The van der Waals surface area contributed by atoms with Crippen LogP contribution in [-0.4, -0.2) is 12.6 Å². The van der Waals surface area contributed by atoms with Crippen molar-refractivity contribution in [2.24, 2.45) is 23.2 Å². The quantitative estimate of drug-likeness (QED) is 0.662. The molecule has 1 saturated heterocycles. The molecular formula is C17H33N. The smallest absolute Gasteiger partial charge is 0.00957 e. The first-order valence-corrected chi connectivity index (χ1v) is 8.27. The SMILES string of the molecule is CC1CCCCCC2CNC(C)C2(C)CCC1C. The van der Waals surface area contributed by atoms with Crippen molar-refractivity contribution in [2.45, 2.75) is 78.7 Å². The van der Waals surface area contributed by atoms with Crippen molar-refractivity contribution in [3.63, 3.8) is 0 Å². The van der Waals surface area contributed by atoms with Crippen LogP contribution in [0, 0.1) is 23.2 Å². The number of rotatable bonds is 0. The molecule has 0 radical (unpaired) electrons. The molecule has 5 atom stereocenters. The summed E-state index contributed by atoms with van der Waals surface area (Å²) in [5, 5.41) is 3.74. The minimum absolute atomic E-state index is 0.554. The van der Waals surface area contributed by atoms with Gasteiger partial charge in [-0.1, -0.05) is 46.5 Å². The van der Waals surface area contributed by atoms with E-state index < -0.39 is 0 Å². The summed E-state index contributed by atoms with van der Waals surface area (Å²) in [4.78, 5) is 0. The van der Waals surface area contributed by atoms with Crippen LogP contribution < -0.4 is 5.32 Å². The van der Waals surface area contributed by atoms with Crippen LogP contribution in [0.4, 0.5) is 0 Å². The highest BCUT2D eigenvalue weighted by Gasteiger charge is 2.43. The standard InChI is InChI=1S/C17H33N/c1-13-8-6-5-7-9-16-12-18-15(3)17(16,4)11-10-14(13)2/h13-16,18H,5-12H2,1-4H3. The van der Waals surface area contributed by atoms with Crippen LogP contribution in [0.2, 0.25) is 0 Å². The van der Waals surface area contributed by atoms with Crippen LogP contribution in [-0.2, 0) is 0 Å². The van der Waals surface area contributed by atoms with E-state index in [4.69, 9.17) is 0 Å². The molecule has 1 heteroatoms. The van der Waals surface area contributed by atoms with Crippen molar-refractivity contribution in [1.29, 1.82) is 0 Å². The molecule has 0 aromatic carbocycles. The van der Waals surface area contributed by atoms with Crippen LogP contribution >= 0.6 is 0 Å². The first kappa shape index (κ1) is 14.4. The van der Waals surface area contributed by atoms with Crippen molar-refractivity contribution >= 4 is 0 Å². The summed E-state index contributed by atoms with van der Waals surface area (Å²) >= 11 is 0. The summed E-state index contributed by atoms with van der Waals surface area (Å²) in [6.45, 7) is 11.2. The molecule has 0 amide bonds. The second-order valence-corrected chi connectivity index (χ2v) is 7.46. The summed E-state index contributed by atoms with van der Waals surface area (Å²) in [6, 6.07) is 0.714. The largest absolute Gasteiger partial charge is 0.313 e. The van der Waals surface area contributed by atoms with Crippen LogP contribution in [0.15, 0.2) is 0 Å². The zero-order chi connectivity index (χ0) is 13.2. The maximum Gasteiger partial charge on any atom is 0.00957 e. The highest BCUT2D eigenvalue weighted by Crippen LogP contribution is 2.44. The number of hydrogen-bond acceptors (Lipinski definition) is 1. The molecule has 1 aliphatic heterocycles. The molecule has 1 aliphatic carbocycles. The molecule has 0 aromatic heterocycles. The third kappa shape index (κ3) is 2.92. The van der Waals surface area contributed by atoms with Crippen molar-refractivity contribution in [3.8, 4) is 0 Å². The van der Waals surface area contributed by atoms with Crippen LogP contribution in [0.3, 0.4) is 0 Å². The van der Waals surface area contributed by atoms with E-state index in [-0.39, 0.29) is 0 Å². The highest BCUT2D eigenvalue weighted by atomic mass is 15.0. The van der Waals surface area contributed by atoms with E-state index in [1.54, 1.807) is 0 Å². The molecule has 2 aliphatic rings. The van der Waals surface area contributed by atoms with E-state index in [0.29, 0.717) is 11.5 Å². The minimum atomic E-state index is 0.554. The van der Waals surface area contributed by atoms with E-state index in [0.717, 1.165) is 17.8 Å². The number of fused-ring (bicyclic) bond motifs is 1.